The SMILES string of the molecule is Cc1nc2c(c(N3C(=O)[C@@H](O)[C@@H](O)[C@H]3C(=O)N(C)c3cc(Cl)c(F)cc3F)n1)CCNC2. The van der Waals surface area contributed by atoms with Gasteiger partial charge in [-0.2, -0.15) is 0 Å². The Kier molecular flexibility index (Phi) is 5.84. The van der Waals surface area contributed by atoms with E-state index in [1.165, 1.54) is 7.05 Å². The van der Waals surface area contributed by atoms with Gasteiger partial charge in [0.1, 0.15) is 35.4 Å². The molecule has 2 aliphatic rings. The predicted octanol–water partition coefficient (Wildman–Crippen LogP) is 0.462. The number of nitrogens with one attached hydrogen (secondary N) is 1. The molecule has 2 amide bonds. The summed E-state index contributed by atoms with van der Waals surface area (Å²) in [5.74, 6) is -3.45. The molecule has 3 heterocycles. The van der Waals surface area contributed by atoms with Crippen LogP contribution in [0.25, 0.3) is 0 Å². The molecule has 12 heteroatoms. The number of aliphatic hydroxyl groups is 2. The summed E-state index contributed by atoms with van der Waals surface area (Å²) in [6.07, 6.45) is -3.23. The van der Waals surface area contributed by atoms with Crippen molar-refractivity contribution in [1.29, 1.82) is 0 Å². The van der Waals surface area contributed by atoms with Crippen LogP contribution in [-0.4, -0.2) is 63.8 Å². The van der Waals surface area contributed by atoms with Crippen LogP contribution in [0.4, 0.5) is 20.3 Å². The van der Waals surface area contributed by atoms with E-state index in [0.29, 0.717) is 42.7 Å². The van der Waals surface area contributed by atoms with Crippen molar-refractivity contribution < 1.29 is 28.6 Å². The Morgan fingerprint density at radius 2 is 2.00 bits per heavy atom. The second-order valence-corrected chi connectivity index (χ2v) is 8.06. The number of carbonyl (C=O) groups excluding carboxylic acids is 2. The third kappa shape index (κ3) is 3.60. The Bertz CT molecular complexity index is 1120. The van der Waals surface area contributed by atoms with Gasteiger partial charge in [-0.1, -0.05) is 11.6 Å². The zero-order valence-corrected chi connectivity index (χ0v) is 17.9. The molecule has 1 aromatic carbocycles. The summed E-state index contributed by atoms with van der Waals surface area (Å²) < 4.78 is 27.9. The van der Waals surface area contributed by atoms with Crippen molar-refractivity contribution in [3.8, 4) is 0 Å². The number of carbonyl (C=O) groups is 2. The van der Waals surface area contributed by atoms with Crippen LogP contribution in [-0.2, 0) is 22.6 Å². The van der Waals surface area contributed by atoms with Gasteiger partial charge < -0.3 is 20.4 Å². The molecule has 0 bridgehead atoms. The van der Waals surface area contributed by atoms with Crippen LogP contribution in [0, 0.1) is 18.6 Å². The van der Waals surface area contributed by atoms with Crippen LogP contribution in [0.1, 0.15) is 17.1 Å². The first-order chi connectivity index (χ1) is 15.1. The van der Waals surface area contributed by atoms with Gasteiger partial charge in [-0.3, -0.25) is 14.5 Å². The monoisotopic (exact) mass is 467 g/mol. The zero-order chi connectivity index (χ0) is 23.3. The number of likely N-dealkylation sites (N-methyl/N-ethyl adjacent to an activating group) is 1. The highest BCUT2D eigenvalue weighted by Crippen LogP contribution is 2.34. The topological polar surface area (TPSA) is 119 Å². The molecule has 32 heavy (non-hydrogen) atoms. The fraction of sp³-hybridized carbons (Fsp3) is 0.400. The highest BCUT2D eigenvalue weighted by Gasteiger charge is 2.53. The molecule has 9 nitrogen and oxygen atoms in total. The van der Waals surface area contributed by atoms with Gasteiger partial charge in [-0.15, -0.1) is 0 Å². The van der Waals surface area contributed by atoms with Gasteiger partial charge in [0.05, 0.1) is 16.4 Å². The number of aliphatic hydroxyl groups excluding tert-OH is 2. The highest BCUT2D eigenvalue weighted by atomic mass is 35.5. The molecule has 2 aromatic rings. The van der Waals surface area contributed by atoms with E-state index in [-0.39, 0.29) is 11.5 Å². The molecule has 1 saturated heterocycles. The maximum absolute atomic E-state index is 14.4. The number of amides is 2. The number of hydrogen-bond acceptors (Lipinski definition) is 7. The van der Waals surface area contributed by atoms with Crippen LogP contribution in [0.5, 0.6) is 0 Å². The van der Waals surface area contributed by atoms with Gasteiger partial charge in [-0.25, -0.2) is 18.7 Å². The van der Waals surface area contributed by atoms with E-state index in [1.807, 2.05) is 0 Å². The Morgan fingerprint density at radius 1 is 1.28 bits per heavy atom. The molecule has 0 aliphatic carbocycles. The molecular weight excluding hydrogens is 448 g/mol. The Balaban J connectivity index is 1.79. The smallest absolute Gasteiger partial charge is 0.260 e. The number of fused-ring (bicyclic) bond motifs is 1. The summed E-state index contributed by atoms with van der Waals surface area (Å²) in [4.78, 5) is 36.6. The minimum atomic E-state index is -1.88. The number of aromatic nitrogens is 2. The van der Waals surface area contributed by atoms with Crippen LogP contribution in [0.2, 0.25) is 5.02 Å². The van der Waals surface area contributed by atoms with Gasteiger partial charge in [0.2, 0.25) is 0 Å². The van der Waals surface area contributed by atoms with E-state index in [2.05, 4.69) is 15.3 Å². The van der Waals surface area contributed by atoms with Crippen molar-refractivity contribution >= 4 is 34.9 Å². The quantitative estimate of drug-likeness (QED) is 0.561. The molecule has 4 rings (SSSR count). The largest absolute Gasteiger partial charge is 0.387 e. The predicted molar refractivity (Wildman–Crippen MR) is 110 cm³/mol. The lowest BCUT2D eigenvalue weighted by Crippen LogP contribution is -2.51. The Hall–Kier alpha value is -2.73. The maximum Gasteiger partial charge on any atom is 0.260 e. The summed E-state index contributed by atoms with van der Waals surface area (Å²) in [6.45, 7) is 2.62. The van der Waals surface area contributed by atoms with Crippen molar-refractivity contribution in [2.75, 3.05) is 23.4 Å². The van der Waals surface area contributed by atoms with Gasteiger partial charge in [0.25, 0.3) is 11.8 Å². The number of halogens is 3. The summed E-state index contributed by atoms with van der Waals surface area (Å²) in [5.41, 5.74) is 0.895. The second kappa shape index (κ2) is 8.32. The normalized spacial score (nSPS) is 22.8. The van der Waals surface area contributed by atoms with Crippen molar-refractivity contribution in [3.63, 3.8) is 0 Å². The van der Waals surface area contributed by atoms with Crippen molar-refractivity contribution in [2.45, 2.75) is 38.1 Å². The molecule has 0 unspecified atom stereocenters. The molecule has 170 valence electrons. The molecule has 0 radical (unpaired) electrons. The molecule has 3 N–H and O–H groups in total. The van der Waals surface area contributed by atoms with Gasteiger partial charge in [-0.05, 0) is 26.0 Å². The van der Waals surface area contributed by atoms with E-state index in [9.17, 15) is 28.6 Å². The molecule has 3 atom stereocenters. The van der Waals surface area contributed by atoms with E-state index >= 15 is 0 Å². The zero-order valence-electron chi connectivity index (χ0n) is 17.1. The van der Waals surface area contributed by atoms with Crippen LogP contribution < -0.4 is 15.1 Å². The van der Waals surface area contributed by atoms with Gasteiger partial charge >= 0.3 is 0 Å². The molecule has 1 aromatic heterocycles. The maximum atomic E-state index is 14.4. The van der Waals surface area contributed by atoms with Crippen molar-refractivity contribution in [2.24, 2.45) is 0 Å². The standard InChI is InChI=1S/C20H20ClF2N5O4/c1-8-25-13-7-24-4-3-9(13)18(26-8)28-15(16(29)17(30)20(28)32)19(31)27(2)14-5-10(21)11(22)6-12(14)23/h5-6,15-17,24,29-30H,3-4,7H2,1-2H3/t15-,16-,17-/m0/s1. The lowest BCUT2D eigenvalue weighted by atomic mass is 10.0. The summed E-state index contributed by atoms with van der Waals surface area (Å²) in [7, 11) is 1.19. The Morgan fingerprint density at radius 3 is 2.72 bits per heavy atom. The van der Waals surface area contributed by atoms with E-state index < -0.39 is 46.7 Å². The summed E-state index contributed by atoms with van der Waals surface area (Å²) >= 11 is 5.73. The van der Waals surface area contributed by atoms with E-state index in [4.69, 9.17) is 11.6 Å². The molecule has 2 aliphatic heterocycles. The first-order valence-corrected chi connectivity index (χ1v) is 10.2. The summed E-state index contributed by atoms with van der Waals surface area (Å²) in [5, 5.41) is 23.6. The molecule has 0 spiro atoms. The van der Waals surface area contributed by atoms with Gasteiger partial charge in [0.15, 0.2) is 6.10 Å². The third-order valence-electron chi connectivity index (χ3n) is 5.61. The number of rotatable bonds is 3. The fourth-order valence-electron chi connectivity index (χ4n) is 3.99. The van der Waals surface area contributed by atoms with E-state index in [0.717, 1.165) is 15.9 Å². The minimum Gasteiger partial charge on any atom is -0.387 e. The first-order valence-electron chi connectivity index (χ1n) is 9.80. The van der Waals surface area contributed by atoms with E-state index in [1.54, 1.807) is 6.92 Å². The summed E-state index contributed by atoms with van der Waals surface area (Å²) in [6, 6.07) is -0.142. The third-order valence-corrected chi connectivity index (χ3v) is 5.90. The van der Waals surface area contributed by atoms with Crippen LogP contribution in [0.3, 0.4) is 0 Å². The first kappa shape index (κ1) is 22.5. The molecular formula is C20H20ClF2N5O4. The average molecular weight is 468 g/mol. The van der Waals surface area contributed by atoms with Crippen molar-refractivity contribution in [1.82, 2.24) is 15.3 Å². The lowest BCUT2D eigenvalue weighted by molar-refractivity contribution is -0.126. The number of anilines is 2. The second-order valence-electron chi connectivity index (χ2n) is 7.65. The van der Waals surface area contributed by atoms with Crippen LogP contribution in [0.15, 0.2) is 12.1 Å². The fourth-order valence-corrected chi connectivity index (χ4v) is 4.15. The van der Waals surface area contributed by atoms with Crippen molar-refractivity contribution in [3.05, 3.63) is 45.9 Å². The number of nitrogens with zero attached hydrogens (tertiary/aromatic N) is 4. The average Bonchev–Trinajstić information content (AvgIpc) is 2.98. The minimum absolute atomic E-state index is 0.110. The number of hydrogen-bond donors (Lipinski definition) is 3. The molecule has 0 saturated carbocycles. The molecule has 1 fully saturated rings. The highest BCUT2D eigenvalue weighted by molar-refractivity contribution is 6.31. The number of aryl methyl sites for hydroxylation is 1. The Labute approximate surface area is 186 Å². The van der Waals surface area contributed by atoms with Crippen LogP contribution >= 0.6 is 11.6 Å². The van der Waals surface area contributed by atoms with Gasteiger partial charge in [0, 0.05) is 25.2 Å². The number of benzene rings is 1. The lowest BCUT2D eigenvalue weighted by Gasteiger charge is -2.31.